The summed E-state index contributed by atoms with van der Waals surface area (Å²) in [6.07, 6.45) is -3.52. The van der Waals surface area contributed by atoms with Crippen LogP contribution in [0.1, 0.15) is 16.1 Å². The number of rotatable bonds is 4. The van der Waals surface area contributed by atoms with E-state index in [1.165, 1.54) is 7.11 Å². The summed E-state index contributed by atoms with van der Waals surface area (Å²) < 4.78 is 44.3. The van der Waals surface area contributed by atoms with Crippen LogP contribution in [-0.4, -0.2) is 18.0 Å². The molecule has 138 valence electrons. The van der Waals surface area contributed by atoms with Crippen LogP contribution < -0.4 is 10.1 Å². The molecule has 3 rings (SSSR count). The van der Waals surface area contributed by atoms with E-state index in [2.05, 4.69) is 10.3 Å². The van der Waals surface area contributed by atoms with Gasteiger partial charge in [0, 0.05) is 17.3 Å². The maximum atomic E-state index is 13.1. The van der Waals surface area contributed by atoms with E-state index >= 15 is 0 Å². The van der Waals surface area contributed by atoms with Crippen LogP contribution >= 0.6 is 0 Å². The molecule has 0 unspecified atom stereocenters. The fourth-order valence-electron chi connectivity index (χ4n) is 2.50. The molecule has 0 bridgehead atoms. The predicted molar refractivity (Wildman–Crippen MR) is 95.6 cm³/mol. The molecule has 0 atom stereocenters. The number of carbonyl (C=O) groups excluding carboxylic acids is 1. The number of alkyl halides is 3. The summed E-state index contributed by atoms with van der Waals surface area (Å²) in [5.74, 6) is 0.0955. The molecular weight excluding hydrogens is 357 g/mol. The van der Waals surface area contributed by atoms with E-state index in [9.17, 15) is 18.0 Å². The smallest absolute Gasteiger partial charge is 0.433 e. The molecule has 3 aromatic rings. The van der Waals surface area contributed by atoms with Gasteiger partial charge in [-0.15, -0.1) is 0 Å². The molecule has 0 aliphatic carbocycles. The third-order valence-corrected chi connectivity index (χ3v) is 3.88. The molecule has 0 saturated heterocycles. The van der Waals surface area contributed by atoms with Gasteiger partial charge in [0.05, 0.1) is 12.8 Å². The van der Waals surface area contributed by atoms with Crippen molar-refractivity contribution < 1.29 is 22.7 Å². The van der Waals surface area contributed by atoms with E-state index in [0.717, 1.165) is 12.3 Å². The summed E-state index contributed by atoms with van der Waals surface area (Å²) in [5, 5.41) is 2.56. The minimum absolute atomic E-state index is 0.0244. The van der Waals surface area contributed by atoms with Gasteiger partial charge in [-0.2, -0.15) is 13.2 Å². The van der Waals surface area contributed by atoms with E-state index in [1.54, 1.807) is 54.6 Å². The molecule has 0 aliphatic heterocycles. The van der Waals surface area contributed by atoms with Crippen molar-refractivity contribution in [2.45, 2.75) is 6.18 Å². The van der Waals surface area contributed by atoms with Crippen molar-refractivity contribution in [2.75, 3.05) is 12.4 Å². The molecular formula is C20H15F3N2O2. The van der Waals surface area contributed by atoms with Gasteiger partial charge >= 0.3 is 6.18 Å². The summed E-state index contributed by atoms with van der Waals surface area (Å²) in [5.41, 5.74) is 0.248. The Balaban J connectivity index is 2.03. The highest BCUT2D eigenvalue weighted by atomic mass is 19.4. The maximum absolute atomic E-state index is 13.1. The minimum Gasteiger partial charge on any atom is -0.497 e. The first-order valence-electron chi connectivity index (χ1n) is 7.96. The highest BCUT2D eigenvalue weighted by Gasteiger charge is 2.33. The predicted octanol–water partition coefficient (Wildman–Crippen LogP) is 5.03. The summed E-state index contributed by atoms with van der Waals surface area (Å²) in [7, 11) is 1.51. The van der Waals surface area contributed by atoms with Gasteiger partial charge in [0.2, 0.25) is 0 Å². The molecule has 1 N–H and O–H groups in total. The van der Waals surface area contributed by atoms with Crippen LogP contribution in [0.4, 0.5) is 18.9 Å². The van der Waals surface area contributed by atoms with Crippen molar-refractivity contribution in [3.63, 3.8) is 0 Å². The van der Waals surface area contributed by atoms with Gasteiger partial charge in [0.15, 0.2) is 0 Å². The zero-order valence-corrected chi connectivity index (χ0v) is 14.2. The number of methoxy groups -OCH3 is 1. The van der Waals surface area contributed by atoms with Crippen LogP contribution in [0.2, 0.25) is 0 Å². The Kier molecular flexibility index (Phi) is 5.12. The van der Waals surface area contributed by atoms with Crippen molar-refractivity contribution >= 4 is 11.6 Å². The highest BCUT2D eigenvalue weighted by Crippen LogP contribution is 2.35. The molecule has 0 radical (unpaired) electrons. The third kappa shape index (κ3) is 4.25. The Morgan fingerprint density at radius 3 is 2.30 bits per heavy atom. The van der Waals surface area contributed by atoms with Gasteiger partial charge in [-0.05, 0) is 35.9 Å². The first kappa shape index (κ1) is 18.4. The molecule has 0 saturated carbocycles. The van der Waals surface area contributed by atoms with Gasteiger partial charge in [0.25, 0.3) is 5.91 Å². The third-order valence-electron chi connectivity index (χ3n) is 3.88. The lowest BCUT2D eigenvalue weighted by atomic mass is 10.0. The fraction of sp³-hybridized carbons (Fsp3) is 0.100. The first-order valence-corrected chi connectivity index (χ1v) is 7.96. The lowest BCUT2D eigenvalue weighted by Crippen LogP contribution is -2.15. The molecule has 1 aromatic heterocycles. The number of ether oxygens (including phenoxy) is 1. The van der Waals surface area contributed by atoms with E-state index in [4.69, 9.17) is 4.74 Å². The Morgan fingerprint density at radius 1 is 1.04 bits per heavy atom. The number of hydrogen-bond acceptors (Lipinski definition) is 3. The lowest BCUT2D eigenvalue weighted by Gasteiger charge is -2.14. The molecule has 0 aliphatic rings. The van der Waals surface area contributed by atoms with Crippen molar-refractivity contribution in [3.8, 4) is 16.9 Å². The average molecular weight is 372 g/mol. The quantitative estimate of drug-likeness (QED) is 0.699. The Morgan fingerprint density at radius 2 is 1.70 bits per heavy atom. The molecule has 1 amide bonds. The molecule has 1 heterocycles. The summed E-state index contributed by atoms with van der Waals surface area (Å²) >= 11 is 0. The monoisotopic (exact) mass is 372 g/mol. The summed E-state index contributed by atoms with van der Waals surface area (Å²) in [6, 6.07) is 15.8. The molecule has 0 fully saturated rings. The topological polar surface area (TPSA) is 51.2 Å². The number of halogens is 3. The van der Waals surface area contributed by atoms with E-state index < -0.39 is 17.8 Å². The average Bonchev–Trinajstić information content (AvgIpc) is 2.68. The van der Waals surface area contributed by atoms with Crippen LogP contribution in [0.5, 0.6) is 5.75 Å². The standard InChI is InChI=1S/C20H15F3N2O2/c1-27-15-9-7-13(8-10-15)16-12-24-18(20(21,22)23)11-17(16)25-19(26)14-5-3-2-4-6-14/h2-12H,1H3,(H,24,25,26). The normalized spacial score (nSPS) is 11.1. The number of benzene rings is 2. The lowest BCUT2D eigenvalue weighted by molar-refractivity contribution is -0.141. The van der Waals surface area contributed by atoms with Gasteiger partial charge in [-0.1, -0.05) is 30.3 Å². The first-order chi connectivity index (χ1) is 12.9. The van der Waals surface area contributed by atoms with Crippen LogP contribution in [-0.2, 0) is 6.18 Å². The molecule has 2 aromatic carbocycles. The van der Waals surface area contributed by atoms with Gasteiger partial charge in [-0.3, -0.25) is 9.78 Å². The maximum Gasteiger partial charge on any atom is 0.433 e. The second-order valence-corrected chi connectivity index (χ2v) is 5.66. The highest BCUT2D eigenvalue weighted by molar-refractivity contribution is 6.06. The number of nitrogens with zero attached hydrogens (tertiary/aromatic N) is 1. The number of pyridine rings is 1. The van der Waals surface area contributed by atoms with Crippen molar-refractivity contribution in [2.24, 2.45) is 0 Å². The van der Waals surface area contributed by atoms with Crippen LogP contribution in [0, 0.1) is 0 Å². The van der Waals surface area contributed by atoms with Gasteiger partial charge < -0.3 is 10.1 Å². The van der Waals surface area contributed by atoms with Crippen LogP contribution in [0.3, 0.4) is 0 Å². The number of anilines is 1. The molecule has 0 spiro atoms. The van der Waals surface area contributed by atoms with Crippen molar-refractivity contribution in [1.82, 2.24) is 4.98 Å². The summed E-state index contributed by atoms with van der Waals surface area (Å²) in [6.45, 7) is 0. The zero-order chi connectivity index (χ0) is 19.4. The summed E-state index contributed by atoms with van der Waals surface area (Å²) in [4.78, 5) is 15.9. The van der Waals surface area contributed by atoms with E-state index in [-0.39, 0.29) is 5.69 Å². The largest absolute Gasteiger partial charge is 0.497 e. The second kappa shape index (κ2) is 7.49. The van der Waals surface area contributed by atoms with Gasteiger partial charge in [0.1, 0.15) is 11.4 Å². The van der Waals surface area contributed by atoms with Crippen molar-refractivity contribution in [3.05, 3.63) is 78.1 Å². The van der Waals surface area contributed by atoms with E-state index in [1.807, 2.05) is 0 Å². The second-order valence-electron chi connectivity index (χ2n) is 5.66. The number of aromatic nitrogens is 1. The van der Waals surface area contributed by atoms with Crippen LogP contribution in [0.25, 0.3) is 11.1 Å². The Labute approximate surface area is 153 Å². The minimum atomic E-state index is -4.62. The van der Waals surface area contributed by atoms with Crippen molar-refractivity contribution in [1.29, 1.82) is 0 Å². The molecule has 7 heteroatoms. The number of amides is 1. The van der Waals surface area contributed by atoms with Gasteiger partial charge in [-0.25, -0.2) is 0 Å². The zero-order valence-electron chi connectivity index (χ0n) is 14.2. The molecule has 27 heavy (non-hydrogen) atoms. The van der Waals surface area contributed by atoms with E-state index in [0.29, 0.717) is 22.4 Å². The number of carbonyl (C=O) groups is 1. The number of nitrogens with one attached hydrogen (secondary N) is 1. The number of hydrogen-bond donors (Lipinski definition) is 1. The van der Waals surface area contributed by atoms with Crippen LogP contribution in [0.15, 0.2) is 66.9 Å². The Bertz CT molecular complexity index is 940. The Hall–Kier alpha value is -3.35. The molecule has 4 nitrogen and oxygen atoms in total. The fourth-order valence-corrected chi connectivity index (χ4v) is 2.50. The SMILES string of the molecule is COc1ccc(-c2cnc(C(F)(F)F)cc2NC(=O)c2ccccc2)cc1.